The SMILES string of the molecule is CCc1cccc(NC(=O)COC(=O)CNC(=O)c2ccc(-c3ccccc3)cc2)c1. The summed E-state index contributed by atoms with van der Waals surface area (Å²) in [5.74, 6) is -1.52. The predicted octanol–water partition coefficient (Wildman–Crippen LogP) is 3.83. The van der Waals surface area contributed by atoms with Crippen LogP contribution in [0.3, 0.4) is 0 Å². The molecule has 6 nitrogen and oxygen atoms in total. The molecule has 158 valence electrons. The lowest BCUT2D eigenvalue weighted by Crippen LogP contribution is -2.32. The molecule has 0 aliphatic carbocycles. The van der Waals surface area contributed by atoms with Crippen LogP contribution in [-0.4, -0.2) is 30.9 Å². The van der Waals surface area contributed by atoms with Gasteiger partial charge in [0.25, 0.3) is 11.8 Å². The zero-order valence-electron chi connectivity index (χ0n) is 17.3. The molecule has 3 aromatic carbocycles. The summed E-state index contributed by atoms with van der Waals surface area (Å²) < 4.78 is 4.93. The summed E-state index contributed by atoms with van der Waals surface area (Å²) in [5.41, 5.74) is 4.22. The zero-order chi connectivity index (χ0) is 22.1. The highest BCUT2D eigenvalue weighted by atomic mass is 16.5. The van der Waals surface area contributed by atoms with Crippen LogP contribution < -0.4 is 10.6 Å². The molecule has 0 unspecified atom stereocenters. The Morgan fingerprint density at radius 1 is 0.839 bits per heavy atom. The van der Waals surface area contributed by atoms with Gasteiger partial charge in [-0.15, -0.1) is 0 Å². The van der Waals surface area contributed by atoms with Gasteiger partial charge in [-0.05, 0) is 47.4 Å². The Hall–Kier alpha value is -3.93. The van der Waals surface area contributed by atoms with Crippen molar-refractivity contribution in [2.45, 2.75) is 13.3 Å². The average molecular weight is 416 g/mol. The lowest BCUT2D eigenvalue weighted by atomic mass is 10.0. The van der Waals surface area contributed by atoms with Crippen molar-refractivity contribution in [3.05, 3.63) is 90.0 Å². The summed E-state index contributed by atoms with van der Waals surface area (Å²) in [7, 11) is 0. The Kier molecular flexibility index (Phi) is 7.54. The highest BCUT2D eigenvalue weighted by Crippen LogP contribution is 2.19. The number of hydrogen-bond donors (Lipinski definition) is 2. The van der Waals surface area contributed by atoms with Crippen LogP contribution in [0.2, 0.25) is 0 Å². The molecule has 6 heteroatoms. The normalized spacial score (nSPS) is 10.2. The minimum absolute atomic E-state index is 0.322. The molecule has 2 amide bonds. The summed E-state index contributed by atoms with van der Waals surface area (Å²) in [6.07, 6.45) is 0.855. The number of carbonyl (C=O) groups is 3. The summed E-state index contributed by atoms with van der Waals surface area (Å²) in [6, 6.07) is 24.3. The summed E-state index contributed by atoms with van der Waals surface area (Å²) in [4.78, 5) is 36.0. The molecule has 0 spiro atoms. The van der Waals surface area contributed by atoms with Gasteiger partial charge >= 0.3 is 5.97 Å². The first-order valence-corrected chi connectivity index (χ1v) is 10.0. The summed E-state index contributed by atoms with van der Waals surface area (Å²) >= 11 is 0. The fraction of sp³-hybridized carbons (Fsp3) is 0.160. The van der Waals surface area contributed by atoms with Crippen LogP contribution in [0.1, 0.15) is 22.8 Å². The van der Waals surface area contributed by atoms with E-state index in [1.807, 2.05) is 67.6 Å². The molecule has 0 aromatic heterocycles. The number of nitrogens with one attached hydrogen (secondary N) is 2. The van der Waals surface area contributed by atoms with Crippen LogP contribution in [0.5, 0.6) is 0 Å². The molecule has 0 atom stereocenters. The largest absolute Gasteiger partial charge is 0.454 e. The van der Waals surface area contributed by atoms with E-state index in [0.717, 1.165) is 23.1 Å². The molecule has 2 N–H and O–H groups in total. The zero-order valence-corrected chi connectivity index (χ0v) is 17.3. The molecular weight excluding hydrogens is 392 g/mol. The van der Waals surface area contributed by atoms with E-state index in [4.69, 9.17) is 4.74 Å². The number of esters is 1. The van der Waals surface area contributed by atoms with Crippen molar-refractivity contribution in [3.63, 3.8) is 0 Å². The average Bonchev–Trinajstić information content (AvgIpc) is 2.82. The van der Waals surface area contributed by atoms with Gasteiger partial charge in [-0.2, -0.15) is 0 Å². The van der Waals surface area contributed by atoms with Crippen molar-refractivity contribution >= 4 is 23.5 Å². The van der Waals surface area contributed by atoms with Crippen molar-refractivity contribution in [1.82, 2.24) is 5.32 Å². The molecule has 3 rings (SSSR count). The Labute approximate surface area is 181 Å². The van der Waals surface area contributed by atoms with E-state index in [1.54, 1.807) is 18.2 Å². The first kappa shape index (κ1) is 21.8. The number of ether oxygens (including phenoxy) is 1. The van der Waals surface area contributed by atoms with Gasteiger partial charge in [-0.1, -0.05) is 61.5 Å². The fourth-order valence-electron chi connectivity index (χ4n) is 2.96. The van der Waals surface area contributed by atoms with E-state index < -0.39 is 24.4 Å². The van der Waals surface area contributed by atoms with Crippen LogP contribution in [-0.2, 0) is 20.7 Å². The number of carbonyl (C=O) groups excluding carboxylic acids is 3. The number of aryl methyl sites for hydroxylation is 1. The lowest BCUT2D eigenvalue weighted by molar-refractivity contribution is -0.146. The van der Waals surface area contributed by atoms with Gasteiger partial charge < -0.3 is 15.4 Å². The first-order chi connectivity index (χ1) is 15.0. The van der Waals surface area contributed by atoms with Gasteiger partial charge in [0.05, 0.1) is 0 Å². The molecule has 3 aromatic rings. The molecule has 0 saturated carbocycles. The topological polar surface area (TPSA) is 84.5 Å². The first-order valence-electron chi connectivity index (χ1n) is 10.0. The Balaban J connectivity index is 1.42. The van der Waals surface area contributed by atoms with Crippen molar-refractivity contribution in [2.75, 3.05) is 18.5 Å². The standard InChI is InChI=1S/C25H24N2O4/c1-2-18-7-6-10-22(15-18)27-23(28)17-31-24(29)16-26-25(30)21-13-11-20(12-14-21)19-8-4-3-5-9-19/h3-15H,2,16-17H2,1H3,(H,26,30)(H,27,28). The van der Waals surface area contributed by atoms with Crippen molar-refractivity contribution < 1.29 is 19.1 Å². The minimum atomic E-state index is -0.688. The third-order valence-electron chi connectivity index (χ3n) is 4.63. The predicted molar refractivity (Wildman–Crippen MR) is 120 cm³/mol. The second kappa shape index (κ2) is 10.7. The number of benzene rings is 3. The van der Waals surface area contributed by atoms with Crippen LogP contribution in [0.15, 0.2) is 78.9 Å². The fourth-order valence-corrected chi connectivity index (χ4v) is 2.96. The Bertz CT molecular complexity index is 1050. The van der Waals surface area contributed by atoms with Crippen molar-refractivity contribution in [3.8, 4) is 11.1 Å². The van der Waals surface area contributed by atoms with E-state index in [1.165, 1.54) is 0 Å². The number of amides is 2. The highest BCUT2D eigenvalue weighted by Gasteiger charge is 2.11. The molecule has 0 bridgehead atoms. The highest BCUT2D eigenvalue weighted by molar-refractivity contribution is 5.97. The Morgan fingerprint density at radius 3 is 2.26 bits per heavy atom. The van der Waals surface area contributed by atoms with Gasteiger partial charge in [-0.25, -0.2) is 0 Å². The number of hydrogen-bond acceptors (Lipinski definition) is 4. The van der Waals surface area contributed by atoms with E-state index in [0.29, 0.717) is 11.3 Å². The quantitative estimate of drug-likeness (QED) is 0.547. The van der Waals surface area contributed by atoms with Crippen LogP contribution in [0.4, 0.5) is 5.69 Å². The van der Waals surface area contributed by atoms with Crippen LogP contribution in [0.25, 0.3) is 11.1 Å². The van der Waals surface area contributed by atoms with Gasteiger partial charge in [0.2, 0.25) is 0 Å². The third kappa shape index (κ3) is 6.54. The molecule has 0 heterocycles. The maximum atomic E-state index is 12.2. The van der Waals surface area contributed by atoms with Gasteiger partial charge in [0, 0.05) is 11.3 Å². The van der Waals surface area contributed by atoms with Gasteiger partial charge in [0.15, 0.2) is 6.61 Å². The minimum Gasteiger partial charge on any atom is -0.454 e. The molecule has 0 saturated heterocycles. The van der Waals surface area contributed by atoms with Crippen molar-refractivity contribution in [2.24, 2.45) is 0 Å². The summed E-state index contributed by atoms with van der Waals surface area (Å²) in [5, 5.41) is 5.18. The van der Waals surface area contributed by atoms with Gasteiger partial charge in [0.1, 0.15) is 6.54 Å². The molecule has 0 fully saturated rings. The smallest absolute Gasteiger partial charge is 0.325 e. The maximum absolute atomic E-state index is 12.2. The van der Waals surface area contributed by atoms with E-state index in [-0.39, 0.29) is 6.54 Å². The van der Waals surface area contributed by atoms with Gasteiger partial charge in [-0.3, -0.25) is 14.4 Å². The van der Waals surface area contributed by atoms with Crippen LogP contribution >= 0.6 is 0 Å². The molecule has 0 aliphatic heterocycles. The van der Waals surface area contributed by atoms with E-state index in [2.05, 4.69) is 10.6 Å². The second-order valence-corrected chi connectivity index (χ2v) is 6.89. The lowest BCUT2D eigenvalue weighted by Gasteiger charge is -2.09. The molecular formula is C25H24N2O4. The number of rotatable bonds is 8. The second-order valence-electron chi connectivity index (χ2n) is 6.89. The van der Waals surface area contributed by atoms with Crippen molar-refractivity contribution in [1.29, 1.82) is 0 Å². The molecule has 0 radical (unpaired) electrons. The van der Waals surface area contributed by atoms with E-state index >= 15 is 0 Å². The molecule has 31 heavy (non-hydrogen) atoms. The van der Waals surface area contributed by atoms with E-state index in [9.17, 15) is 14.4 Å². The van der Waals surface area contributed by atoms with Crippen LogP contribution in [0, 0.1) is 0 Å². The maximum Gasteiger partial charge on any atom is 0.325 e. The molecule has 0 aliphatic rings. The number of anilines is 1. The summed E-state index contributed by atoms with van der Waals surface area (Å²) in [6.45, 7) is 1.28. The Morgan fingerprint density at radius 2 is 1.55 bits per heavy atom. The third-order valence-corrected chi connectivity index (χ3v) is 4.63. The monoisotopic (exact) mass is 416 g/mol.